The van der Waals surface area contributed by atoms with Crippen molar-refractivity contribution in [3.63, 3.8) is 0 Å². The largest absolute Gasteiger partial charge is 0.331 e. The lowest BCUT2D eigenvalue weighted by Crippen LogP contribution is -2.58. The summed E-state index contributed by atoms with van der Waals surface area (Å²) in [6.45, 7) is 2.71. The van der Waals surface area contributed by atoms with Crippen molar-refractivity contribution in [3.8, 4) is 0 Å². The van der Waals surface area contributed by atoms with E-state index in [1.54, 1.807) is 4.90 Å². The average molecular weight is 253 g/mol. The van der Waals surface area contributed by atoms with E-state index < -0.39 is 0 Å². The summed E-state index contributed by atoms with van der Waals surface area (Å²) in [7, 11) is 2.02. The number of hydrogen-bond acceptors (Lipinski definition) is 5. The van der Waals surface area contributed by atoms with Crippen LogP contribution in [-0.4, -0.2) is 66.6 Å². The Kier molecular flexibility index (Phi) is 3.93. The van der Waals surface area contributed by atoms with Crippen LogP contribution >= 0.6 is 0 Å². The van der Waals surface area contributed by atoms with E-state index in [0.717, 1.165) is 13.1 Å². The number of rotatable bonds is 2. The molecule has 0 aromatic rings. The number of piperazine rings is 1. The van der Waals surface area contributed by atoms with Crippen molar-refractivity contribution in [3.05, 3.63) is 0 Å². The van der Waals surface area contributed by atoms with E-state index in [0.29, 0.717) is 31.6 Å². The second-order valence-corrected chi connectivity index (χ2v) is 4.74. The van der Waals surface area contributed by atoms with E-state index in [1.807, 2.05) is 7.05 Å². The average Bonchev–Trinajstić information content (AvgIpc) is 2.38. The van der Waals surface area contributed by atoms with Crippen LogP contribution in [0.25, 0.3) is 0 Å². The zero-order valence-electron chi connectivity index (χ0n) is 10.6. The SMILES string of the molecule is CN1CCN(C(=O)C2=NNC(=O)CC2)C(CN)C1. The van der Waals surface area contributed by atoms with Crippen LogP contribution in [0.1, 0.15) is 12.8 Å². The van der Waals surface area contributed by atoms with Crippen molar-refractivity contribution in [2.45, 2.75) is 18.9 Å². The van der Waals surface area contributed by atoms with Gasteiger partial charge in [0.2, 0.25) is 5.91 Å². The van der Waals surface area contributed by atoms with Crippen LogP contribution in [0.2, 0.25) is 0 Å². The lowest BCUT2D eigenvalue weighted by Gasteiger charge is -2.39. The van der Waals surface area contributed by atoms with Gasteiger partial charge in [0.15, 0.2) is 0 Å². The van der Waals surface area contributed by atoms with E-state index in [9.17, 15) is 9.59 Å². The second-order valence-electron chi connectivity index (χ2n) is 4.74. The number of likely N-dealkylation sites (N-methyl/N-ethyl adjacent to an activating group) is 1. The highest BCUT2D eigenvalue weighted by molar-refractivity contribution is 6.39. The molecule has 1 saturated heterocycles. The molecule has 18 heavy (non-hydrogen) atoms. The first kappa shape index (κ1) is 13.0. The summed E-state index contributed by atoms with van der Waals surface area (Å²) in [6, 6.07) is 0.0246. The molecule has 2 aliphatic heterocycles. The van der Waals surface area contributed by atoms with Gasteiger partial charge in [0.25, 0.3) is 5.91 Å². The van der Waals surface area contributed by atoms with Gasteiger partial charge in [0, 0.05) is 39.0 Å². The third kappa shape index (κ3) is 2.68. The predicted molar refractivity (Wildman–Crippen MR) is 66.9 cm³/mol. The molecule has 1 atom stereocenters. The summed E-state index contributed by atoms with van der Waals surface area (Å²) in [6.07, 6.45) is 0.736. The minimum Gasteiger partial charge on any atom is -0.331 e. The van der Waals surface area contributed by atoms with Gasteiger partial charge in [-0.05, 0) is 7.05 Å². The Morgan fingerprint density at radius 3 is 2.89 bits per heavy atom. The normalized spacial score (nSPS) is 25.7. The van der Waals surface area contributed by atoms with Gasteiger partial charge in [0.05, 0.1) is 6.04 Å². The van der Waals surface area contributed by atoms with E-state index in [2.05, 4.69) is 15.4 Å². The van der Waals surface area contributed by atoms with Crippen LogP contribution in [0.5, 0.6) is 0 Å². The summed E-state index contributed by atoms with van der Waals surface area (Å²) < 4.78 is 0. The van der Waals surface area contributed by atoms with Gasteiger partial charge in [-0.25, -0.2) is 5.43 Å². The lowest BCUT2D eigenvalue weighted by molar-refractivity contribution is -0.128. The maximum atomic E-state index is 12.3. The maximum absolute atomic E-state index is 12.3. The summed E-state index contributed by atoms with van der Waals surface area (Å²) in [4.78, 5) is 27.2. The smallest absolute Gasteiger partial charge is 0.270 e. The third-order valence-corrected chi connectivity index (χ3v) is 3.37. The van der Waals surface area contributed by atoms with Gasteiger partial charge in [-0.1, -0.05) is 0 Å². The highest BCUT2D eigenvalue weighted by Gasteiger charge is 2.31. The van der Waals surface area contributed by atoms with Crippen LogP contribution in [0.4, 0.5) is 0 Å². The number of carbonyl (C=O) groups excluding carboxylic acids is 2. The van der Waals surface area contributed by atoms with Gasteiger partial charge in [-0.2, -0.15) is 5.10 Å². The molecule has 0 saturated carbocycles. The monoisotopic (exact) mass is 253 g/mol. The molecule has 2 amide bonds. The standard InChI is InChI=1S/C11H19N5O2/c1-15-4-5-16(8(6-12)7-15)11(18)9-2-3-10(17)14-13-9/h8H,2-7,12H2,1H3,(H,14,17). The first-order chi connectivity index (χ1) is 8.61. The molecule has 0 bridgehead atoms. The first-order valence-electron chi connectivity index (χ1n) is 6.17. The fraction of sp³-hybridized carbons (Fsp3) is 0.727. The highest BCUT2D eigenvalue weighted by Crippen LogP contribution is 2.11. The van der Waals surface area contributed by atoms with Crippen molar-refractivity contribution in [1.29, 1.82) is 0 Å². The van der Waals surface area contributed by atoms with E-state index in [1.165, 1.54) is 0 Å². The Bertz CT molecular complexity index is 382. The minimum atomic E-state index is -0.139. The molecule has 0 radical (unpaired) electrons. The second kappa shape index (κ2) is 5.45. The topological polar surface area (TPSA) is 91.0 Å². The van der Waals surface area contributed by atoms with Crippen LogP contribution in [0.15, 0.2) is 5.10 Å². The Labute approximate surface area is 106 Å². The molecule has 2 rings (SSSR count). The van der Waals surface area contributed by atoms with Crippen molar-refractivity contribution in [2.75, 3.05) is 33.2 Å². The maximum Gasteiger partial charge on any atom is 0.270 e. The molecule has 0 spiro atoms. The van der Waals surface area contributed by atoms with Crippen LogP contribution in [-0.2, 0) is 9.59 Å². The molecule has 2 heterocycles. The lowest BCUT2D eigenvalue weighted by atomic mass is 10.1. The van der Waals surface area contributed by atoms with Crippen LogP contribution < -0.4 is 11.2 Å². The molecule has 100 valence electrons. The van der Waals surface area contributed by atoms with Gasteiger partial charge < -0.3 is 15.5 Å². The van der Waals surface area contributed by atoms with Crippen LogP contribution in [0, 0.1) is 0 Å². The molecule has 0 aliphatic carbocycles. The zero-order chi connectivity index (χ0) is 13.1. The van der Waals surface area contributed by atoms with Crippen molar-refractivity contribution < 1.29 is 9.59 Å². The number of carbonyl (C=O) groups is 2. The molecule has 3 N–H and O–H groups in total. The number of nitrogens with one attached hydrogen (secondary N) is 1. The van der Waals surface area contributed by atoms with Crippen molar-refractivity contribution in [2.24, 2.45) is 10.8 Å². The fourth-order valence-electron chi connectivity index (χ4n) is 2.27. The molecule has 0 aromatic carbocycles. The molecule has 2 aliphatic rings. The summed E-state index contributed by atoms with van der Waals surface area (Å²) >= 11 is 0. The minimum absolute atomic E-state index is 0.0246. The number of amides is 2. The Balaban J connectivity index is 2.05. The molecular formula is C11H19N5O2. The summed E-state index contributed by atoms with van der Waals surface area (Å²) in [5.74, 6) is -0.237. The molecule has 1 unspecified atom stereocenters. The quantitative estimate of drug-likeness (QED) is 0.617. The fourth-order valence-corrected chi connectivity index (χ4v) is 2.27. The number of hydrogen-bond donors (Lipinski definition) is 2. The van der Waals surface area contributed by atoms with E-state index in [-0.39, 0.29) is 17.9 Å². The number of hydrazone groups is 1. The molecule has 7 nitrogen and oxygen atoms in total. The Morgan fingerprint density at radius 1 is 1.50 bits per heavy atom. The number of nitrogens with zero attached hydrogens (tertiary/aromatic N) is 3. The van der Waals surface area contributed by atoms with Crippen molar-refractivity contribution in [1.82, 2.24) is 15.2 Å². The molecule has 1 fully saturated rings. The van der Waals surface area contributed by atoms with E-state index in [4.69, 9.17) is 5.73 Å². The van der Waals surface area contributed by atoms with Gasteiger partial charge in [-0.3, -0.25) is 9.59 Å². The third-order valence-electron chi connectivity index (χ3n) is 3.37. The van der Waals surface area contributed by atoms with Crippen molar-refractivity contribution >= 4 is 17.5 Å². The first-order valence-corrected chi connectivity index (χ1v) is 6.17. The number of nitrogens with two attached hydrogens (primary N) is 1. The molecule has 0 aromatic heterocycles. The van der Waals surface area contributed by atoms with E-state index >= 15 is 0 Å². The van der Waals surface area contributed by atoms with Gasteiger partial charge in [-0.15, -0.1) is 0 Å². The molecular weight excluding hydrogens is 234 g/mol. The summed E-state index contributed by atoms with van der Waals surface area (Å²) in [5, 5.41) is 3.84. The Hall–Kier alpha value is -1.47. The van der Waals surface area contributed by atoms with Crippen LogP contribution in [0.3, 0.4) is 0 Å². The summed E-state index contributed by atoms with van der Waals surface area (Å²) in [5.41, 5.74) is 8.50. The zero-order valence-corrected chi connectivity index (χ0v) is 10.6. The Morgan fingerprint density at radius 2 is 2.28 bits per heavy atom. The molecule has 7 heteroatoms. The predicted octanol–water partition coefficient (Wildman–Crippen LogP) is -1.65. The van der Waals surface area contributed by atoms with Gasteiger partial charge >= 0.3 is 0 Å². The highest BCUT2D eigenvalue weighted by atomic mass is 16.2. The van der Waals surface area contributed by atoms with Gasteiger partial charge in [0.1, 0.15) is 5.71 Å².